The summed E-state index contributed by atoms with van der Waals surface area (Å²) < 4.78 is 40.9. The maximum Gasteiger partial charge on any atom is 0.411 e. The van der Waals surface area contributed by atoms with E-state index in [0.29, 0.717) is 24.1 Å². The first-order valence-corrected chi connectivity index (χ1v) is 9.19. The number of likely N-dealkylation sites (N-methyl/N-ethyl adjacent to an activating group) is 1. The highest BCUT2D eigenvalue weighted by atomic mass is 127. The van der Waals surface area contributed by atoms with Crippen molar-refractivity contribution >= 4 is 29.9 Å². The zero-order valence-corrected chi connectivity index (χ0v) is 19.3. The van der Waals surface area contributed by atoms with E-state index in [-0.39, 0.29) is 30.6 Å². The van der Waals surface area contributed by atoms with Crippen LogP contribution < -0.4 is 10.6 Å². The molecule has 28 heavy (non-hydrogen) atoms. The lowest BCUT2D eigenvalue weighted by Crippen LogP contribution is -2.45. The Kier molecular flexibility index (Phi) is 13.5. The fraction of sp³-hybridized carbons (Fsp3) is 0.632. The topological polar surface area (TPSA) is 48.9 Å². The van der Waals surface area contributed by atoms with Crippen molar-refractivity contribution in [1.29, 1.82) is 0 Å². The molecule has 0 bridgehead atoms. The third-order valence-electron chi connectivity index (χ3n) is 4.24. The Morgan fingerprint density at radius 2 is 1.68 bits per heavy atom. The molecule has 0 fully saturated rings. The summed E-state index contributed by atoms with van der Waals surface area (Å²) in [5.41, 5.74) is 1.72. The molecule has 0 radical (unpaired) electrons. The van der Waals surface area contributed by atoms with Crippen molar-refractivity contribution in [3.63, 3.8) is 0 Å². The van der Waals surface area contributed by atoms with Gasteiger partial charge >= 0.3 is 6.18 Å². The van der Waals surface area contributed by atoms with Crippen LogP contribution in [0.15, 0.2) is 29.3 Å². The van der Waals surface area contributed by atoms with Gasteiger partial charge in [-0.25, -0.2) is 0 Å². The summed E-state index contributed by atoms with van der Waals surface area (Å²) in [6.45, 7) is 8.54. The van der Waals surface area contributed by atoms with E-state index >= 15 is 0 Å². The Labute approximate surface area is 183 Å². The van der Waals surface area contributed by atoms with Gasteiger partial charge in [0.1, 0.15) is 6.61 Å². The number of hydrogen-bond donors (Lipinski definition) is 2. The Hall–Kier alpha value is -1.07. The molecule has 0 spiro atoms. The fourth-order valence-corrected chi connectivity index (χ4v) is 2.66. The average Bonchev–Trinajstić information content (AvgIpc) is 2.63. The minimum Gasteiger partial charge on any atom is -0.367 e. The molecular weight excluding hydrogens is 484 g/mol. The van der Waals surface area contributed by atoms with Crippen molar-refractivity contribution in [2.75, 3.05) is 33.3 Å². The van der Waals surface area contributed by atoms with Gasteiger partial charge in [0.2, 0.25) is 0 Å². The van der Waals surface area contributed by atoms with Crippen LogP contribution in [0.1, 0.15) is 31.9 Å². The number of alkyl halides is 3. The van der Waals surface area contributed by atoms with Crippen molar-refractivity contribution in [1.82, 2.24) is 15.5 Å². The number of ether oxygens (including phenoxy) is 1. The molecule has 0 aliphatic rings. The van der Waals surface area contributed by atoms with Gasteiger partial charge in [-0.1, -0.05) is 38.1 Å². The second kappa shape index (κ2) is 14.0. The Bertz CT molecular complexity index is 563. The van der Waals surface area contributed by atoms with E-state index in [0.717, 1.165) is 25.2 Å². The number of guanidine groups is 1. The summed E-state index contributed by atoms with van der Waals surface area (Å²) in [5.74, 6) is 0.714. The second-order valence-corrected chi connectivity index (χ2v) is 6.30. The van der Waals surface area contributed by atoms with Crippen molar-refractivity contribution in [3.8, 4) is 0 Å². The monoisotopic (exact) mass is 516 g/mol. The summed E-state index contributed by atoms with van der Waals surface area (Å²) in [6.07, 6.45) is -4.30. The Morgan fingerprint density at radius 3 is 2.18 bits per heavy atom. The van der Waals surface area contributed by atoms with Gasteiger partial charge in [0.15, 0.2) is 5.96 Å². The minimum atomic E-state index is -4.30. The number of aliphatic imine (C=N–C) groups is 1. The first-order chi connectivity index (χ1) is 12.8. The summed E-state index contributed by atoms with van der Waals surface area (Å²) in [6, 6.07) is 7.67. The van der Waals surface area contributed by atoms with E-state index in [4.69, 9.17) is 0 Å². The van der Waals surface area contributed by atoms with Crippen LogP contribution in [-0.4, -0.2) is 56.4 Å². The SMILES string of the molecule is CCN(CC)C(C)CNC(=NC)NCc1ccc(COCC(F)(F)F)cc1.I. The molecule has 0 aliphatic carbocycles. The smallest absolute Gasteiger partial charge is 0.367 e. The van der Waals surface area contributed by atoms with Crippen LogP contribution in [0, 0.1) is 0 Å². The molecule has 9 heteroatoms. The van der Waals surface area contributed by atoms with Crippen molar-refractivity contribution in [2.45, 2.75) is 46.1 Å². The Balaban J connectivity index is 0.00000729. The average molecular weight is 516 g/mol. The summed E-state index contributed by atoms with van der Waals surface area (Å²) in [5, 5.41) is 6.55. The largest absolute Gasteiger partial charge is 0.411 e. The van der Waals surface area contributed by atoms with Crippen LogP contribution in [0.3, 0.4) is 0 Å². The van der Waals surface area contributed by atoms with E-state index < -0.39 is 12.8 Å². The number of halogens is 4. The summed E-state index contributed by atoms with van der Waals surface area (Å²) in [7, 11) is 1.72. The second-order valence-electron chi connectivity index (χ2n) is 6.30. The molecule has 0 saturated heterocycles. The van der Waals surface area contributed by atoms with Crippen LogP contribution in [0.2, 0.25) is 0 Å². The first kappa shape index (κ1) is 26.9. The zero-order valence-electron chi connectivity index (χ0n) is 17.0. The van der Waals surface area contributed by atoms with E-state index in [9.17, 15) is 13.2 Å². The van der Waals surface area contributed by atoms with Gasteiger partial charge in [-0.15, -0.1) is 24.0 Å². The van der Waals surface area contributed by atoms with Crippen molar-refractivity contribution in [3.05, 3.63) is 35.4 Å². The first-order valence-electron chi connectivity index (χ1n) is 9.19. The van der Waals surface area contributed by atoms with Gasteiger partial charge in [0.25, 0.3) is 0 Å². The summed E-state index contributed by atoms with van der Waals surface area (Å²) >= 11 is 0. The minimum absolute atomic E-state index is 0. The molecule has 1 rings (SSSR count). The molecule has 0 saturated carbocycles. The van der Waals surface area contributed by atoms with E-state index in [1.807, 2.05) is 12.1 Å². The molecule has 1 aromatic carbocycles. The van der Waals surface area contributed by atoms with Crippen molar-refractivity contribution < 1.29 is 17.9 Å². The lowest BCUT2D eigenvalue weighted by molar-refractivity contribution is -0.176. The van der Waals surface area contributed by atoms with Gasteiger partial charge in [0.05, 0.1) is 6.61 Å². The zero-order chi connectivity index (χ0) is 20.3. The molecule has 5 nitrogen and oxygen atoms in total. The van der Waals surface area contributed by atoms with Crippen LogP contribution in [0.5, 0.6) is 0 Å². The molecule has 0 amide bonds. The molecule has 1 unspecified atom stereocenters. The molecule has 0 heterocycles. The van der Waals surface area contributed by atoms with Gasteiger partial charge in [0, 0.05) is 26.2 Å². The molecule has 1 atom stereocenters. The number of hydrogen-bond acceptors (Lipinski definition) is 3. The van der Waals surface area contributed by atoms with Crippen LogP contribution in [0.25, 0.3) is 0 Å². The number of benzene rings is 1. The highest BCUT2D eigenvalue weighted by Crippen LogP contribution is 2.15. The predicted octanol–water partition coefficient (Wildman–Crippen LogP) is 3.78. The molecule has 0 aromatic heterocycles. The molecule has 0 aliphatic heterocycles. The number of nitrogens with one attached hydrogen (secondary N) is 2. The number of rotatable bonds is 10. The van der Waals surface area contributed by atoms with Gasteiger partial charge in [-0.3, -0.25) is 9.89 Å². The lowest BCUT2D eigenvalue weighted by atomic mass is 10.1. The molecule has 162 valence electrons. The maximum absolute atomic E-state index is 12.1. The molecular formula is C19H32F3IN4O. The van der Waals surface area contributed by atoms with Crippen LogP contribution >= 0.6 is 24.0 Å². The molecule has 2 N–H and O–H groups in total. The predicted molar refractivity (Wildman–Crippen MR) is 118 cm³/mol. The van der Waals surface area contributed by atoms with E-state index in [2.05, 4.69) is 46.0 Å². The van der Waals surface area contributed by atoms with Gasteiger partial charge < -0.3 is 15.4 Å². The number of nitrogens with zero attached hydrogens (tertiary/aromatic N) is 2. The standard InChI is InChI=1S/C19H31F3N4O.HI/c1-5-26(6-2)15(3)11-24-18(23-4)25-12-16-7-9-17(10-8-16)13-27-14-19(20,21)22;/h7-10,15H,5-6,11-14H2,1-4H3,(H2,23,24,25);1H. The lowest BCUT2D eigenvalue weighted by Gasteiger charge is -2.27. The van der Waals surface area contributed by atoms with Gasteiger partial charge in [-0.05, 0) is 31.1 Å². The van der Waals surface area contributed by atoms with Gasteiger partial charge in [-0.2, -0.15) is 13.2 Å². The van der Waals surface area contributed by atoms with E-state index in [1.165, 1.54) is 0 Å². The highest BCUT2D eigenvalue weighted by Gasteiger charge is 2.27. The van der Waals surface area contributed by atoms with Crippen molar-refractivity contribution in [2.24, 2.45) is 4.99 Å². The van der Waals surface area contributed by atoms with Crippen LogP contribution in [-0.2, 0) is 17.9 Å². The highest BCUT2D eigenvalue weighted by molar-refractivity contribution is 14.0. The third-order valence-corrected chi connectivity index (χ3v) is 4.24. The van der Waals surface area contributed by atoms with E-state index in [1.54, 1.807) is 19.2 Å². The normalized spacial score (nSPS) is 13.2. The third kappa shape index (κ3) is 11.1. The Morgan fingerprint density at radius 1 is 1.11 bits per heavy atom. The van der Waals surface area contributed by atoms with Crippen LogP contribution in [0.4, 0.5) is 13.2 Å². The maximum atomic E-state index is 12.1. The summed E-state index contributed by atoms with van der Waals surface area (Å²) in [4.78, 5) is 6.58. The fourth-order valence-electron chi connectivity index (χ4n) is 2.66. The quantitative estimate of drug-likeness (QED) is 0.283. The molecule has 1 aromatic rings.